The number of carbonyl (C=O) groups is 2. The molecule has 0 aliphatic carbocycles. The largest absolute Gasteiger partial charge is 0.453 e. The van der Waals surface area contributed by atoms with Crippen LogP contribution in [0.25, 0.3) is 44.2 Å². The van der Waals surface area contributed by atoms with Crippen molar-refractivity contribution in [3.8, 4) is 22.3 Å². The van der Waals surface area contributed by atoms with Gasteiger partial charge in [-0.1, -0.05) is 42.5 Å². The van der Waals surface area contributed by atoms with Gasteiger partial charge in [-0.25, -0.2) is 9.78 Å². The molecule has 0 bridgehead atoms. The molecule has 0 unspecified atom stereocenters. The molecule has 8 nitrogen and oxygen atoms in total. The van der Waals surface area contributed by atoms with Crippen LogP contribution >= 0.6 is 0 Å². The predicted molar refractivity (Wildman–Crippen MR) is 143 cm³/mol. The number of imidazole rings is 1. The number of nitrogens with zero attached hydrogens (tertiary/aromatic N) is 2. The van der Waals surface area contributed by atoms with E-state index in [-0.39, 0.29) is 18.5 Å². The van der Waals surface area contributed by atoms with Gasteiger partial charge in [-0.2, -0.15) is 0 Å². The average molecular weight is 494 g/mol. The van der Waals surface area contributed by atoms with E-state index in [2.05, 4.69) is 91.7 Å². The minimum atomic E-state index is -0.603. The van der Waals surface area contributed by atoms with Gasteiger partial charge in [0.1, 0.15) is 6.54 Å². The standard InChI is InChI=1S/C29H27N5O3/c1-37-29(36)30-16-28(35)34-12-2-3-27(34)26-15-22-9-8-20(13-24(22)33-26)18-4-6-19(7-5-18)21-10-11-23-25(14-21)32-17-31-23/h4-11,13-15,17,27,33H,2-3,12,16H2,1H3,(H,30,36)(H,31,32)/t27-/m1/s1. The van der Waals surface area contributed by atoms with Gasteiger partial charge >= 0.3 is 6.09 Å². The van der Waals surface area contributed by atoms with Crippen molar-refractivity contribution in [3.05, 3.63) is 78.8 Å². The lowest BCUT2D eigenvalue weighted by atomic mass is 9.99. The van der Waals surface area contributed by atoms with E-state index in [1.54, 1.807) is 6.33 Å². The minimum Gasteiger partial charge on any atom is -0.453 e. The van der Waals surface area contributed by atoms with Crippen molar-refractivity contribution < 1.29 is 14.3 Å². The summed E-state index contributed by atoms with van der Waals surface area (Å²) in [6, 6.07) is 23.3. The monoisotopic (exact) mass is 493 g/mol. The van der Waals surface area contributed by atoms with Crippen LogP contribution in [0.5, 0.6) is 0 Å². The van der Waals surface area contributed by atoms with E-state index in [4.69, 9.17) is 0 Å². The number of aromatic amines is 2. The maximum Gasteiger partial charge on any atom is 0.407 e. The molecule has 0 spiro atoms. The normalized spacial score (nSPS) is 15.4. The molecule has 2 amide bonds. The SMILES string of the molecule is COC(=O)NCC(=O)N1CCC[C@@H]1c1cc2ccc(-c3ccc(-c4ccc5[nH]cnc5c4)cc3)cc2[nH]1. The maximum absolute atomic E-state index is 12.7. The lowest BCUT2D eigenvalue weighted by Crippen LogP contribution is -2.39. The Kier molecular flexibility index (Phi) is 5.84. The number of aromatic nitrogens is 3. The van der Waals surface area contributed by atoms with Gasteiger partial charge in [-0.15, -0.1) is 0 Å². The lowest BCUT2D eigenvalue weighted by molar-refractivity contribution is -0.131. The van der Waals surface area contributed by atoms with Crippen LogP contribution < -0.4 is 5.32 Å². The number of alkyl carbamates (subject to hydrolysis) is 1. The molecule has 8 heteroatoms. The molecule has 37 heavy (non-hydrogen) atoms. The summed E-state index contributed by atoms with van der Waals surface area (Å²) in [6.45, 7) is 0.603. The Bertz CT molecular complexity index is 1600. The number of fused-ring (bicyclic) bond motifs is 2. The van der Waals surface area contributed by atoms with Crippen molar-refractivity contribution in [3.63, 3.8) is 0 Å². The maximum atomic E-state index is 12.7. The van der Waals surface area contributed by atoms with Crippen molar-refractivity contribution in [1.29, 1.82) is 0 Å². The minimum absolute atomic E-state index is 0.0334. The highest BCUT2D eigenvalue weighted by molar-refractivity contribution is 5.87. The van der Waals surface area contributed by atoms with Crippen molar-refractivity contribution in [2.45, 2.75) is 18.9 Å². The zero-order valence-electron chi connectivity index (χ0n) is 20.5. The van der Waals surface area contributed by atoms with Gasteiger partial charge in [0, 0.05) is 17.8 Å². The molecule has 0 radical (unpaired) electrons. The summed E-state index contributed by atoms with van der Waals surface area (Å²) in [4.78, 5) is 37.0. The molecule has 1 fully saturated rings. The molecule has 3 aromatic carbocycles. The molecule has 2 aromatic heterocycles. The molecule has 3 N–H and O–H groups in total. The lowest BCUT2D eigenvalue weighted by Gasteiger charge is -2.24. The fourth-order valence-corrected chi connectivity index (χ4v) is 5.19. The van der Waals surface area contributed by atoms with Gasteiger partial charge in [0.05, 0.1) is 30.5 Å². The van der Waals surface area contributed by atoms with Crippen molar-refractivity contribution in [1.82, 2.24) is 25.2 Å². The van der Waals surface area contributed by atoms with Gasteiger partial charge in [0.25, 0.3) is 0 Å². The fourth-order valence-electron chi connectivity index (χ4n) is 5.19. The molecule has 5 aromatic rings. The first-order valence-corrected chi connectivity index (χ1v) is 12.4. The predicted octanol–water partition coefficient (Wildman–Crippen LogP) is 5.40. The van der Waals surface area contributed by atoms with Crippen LogP contribution in [0, 0.1) is 0 Å². The molecule has 186 valence electrons. The molecule has 1 saturated heterocycles. The van der Waals surface area contributed by atoms with Gasteiger partial charge in [0.15, 0.2) is 0 Å². The molecule has 3 heterocycles. The summed E-state index contributed by atoms with van der Waals surface area (Å²) >= 11 is 0. The fraction of sp³-hybridized carbons (Fsp3) is 0.207. The van der Waals surface area contributed by atoms with Crippen LogP contribution in [0.3, 0.4) is 0 Å². The second-order valence-corrected chi connectivity index (χ2v) is 9.33. The van der Waals surface area contributed by atoms with Crippen molar-refractivity contribution in [2.75, 3.05) is 20.2 Å². The summed E-state index contributed by atoms with van der Waals surface area (Å²) < 4.78 is 4.57. The third-order valence-corrected chi connectivity index (χ3v) is 7.12. The smallest absolute Gasteiger partial charge is 0.407 e. The Balaban J connectivity index is 1.22. The van der Waals surface area contributed by atoms with E-state index < -0.39 is 6.09 Å². The summed E-state index contributed by atoms with van der Waals surface area (Å²) in [5.74, 6) is -0.112. The second-order valence-electron chi connectivity index (χ2n) is 9.33. The average Bonchev–Trinajstić information content (AvgIpc) is 3.69. The summed E-state index contributed by atoms with van der Waals surface area (Å²) in [7, 11) is 1.28. The molecule has 1 aliphatic heterocycles. The summed E-state index contributed by atoms with van der Waals surface area (Å²) in [5.41, 5.74) is 8.56. The third-order valence-electron chi connectivity index (χ3n) is 7.12. The molecule has 0 saturated carbocycles. The highest BCUT2D eigenvalue weighted by Crippen LogP contribution is 2.34. The van der Waals surface area contributed by atoms with E-state index in [1.165, 1.54) is 7.11 Å². The topological polar surface area (TPSA) is 103 Å². The Hall–Kier alpha value is -4.59. The number of rotatable bonds is 5. The number of methoxy groups -OCH3 is 1. The Labute approximate surface area is 213 Å². The number of nitrogens with one attached hydrogen (secondary N) is 3. The van der Waals surface area contributed by atoms with Gasteiger partial charge in [-0.05, 0) is 64.7 Å². The zero-order chi connectivity index (χ0) is 25.4. The van der Waals surface area contributed by atoms with E-state index >= 15 is 0 Å². The van der Waals surface area contributed by atoms with Gasteiger partial charge in [-0.3, -0.25) is 4.79 Å². The number of amides is 2. The van der Waals surface area contributed by atoms with Gasteiger partial charge in [0.2, 0.25) is 5.91 Å². The van der Waals surface area contributed by atoms with Crippen LogP contribution in [-0.4, -0.2) is 52.1 Å². The Morgan fingerprint density at radius 3 is 2.49 bits per heavy atom. The van der Waals surface area contributed by atoms with Gasteiger partial charge < -0.3 is 24.9 Å². The number of carbonyl (C=O) groups excluding carboxylic acids is 2. The number of H-pyrrole nitrogens is 2. The highest BCUT2D eigenvalue weighted by atomic mass is 16.5. The first-order valence-electron chi connectivity index (χ1n) is 12.4. The van der Waals surface area contributed by atoms with Crippen LogP contribution in [0.2, 0.25) is 0 Å². The Morgan fingerprint density at radius 2 is 1.70 bits per heavy atom. The van der Waals surface area contributed by atoms with E-state index in [0.717, 1.165) is 62.7 Å². The first kappa shape index (κ1) is 22.8. The zero-order valence-corrected chi connectivity index (χ0v) is 20.5. The van der Waals surface area contributed by atoms with Crippen LogP contribution in [-0.2, 0) is 9.53 Å². The molecule has 1 atom stereocenters. The van der Waals surface area contributed by atoms with Crippen molar-refractivity contribution >= 4 is 33.9 Å². The number of hydrogen-bond acceptors (Lipinski definition) is 4. The van der Waals surface area contributed by atoms with E-state index in [0.29, 0.717) is 6.54 Å². The second kappa shape index (κ2) is 9.46. The highest BCUT2D eigenvalue weighted by Gasteiger charge is 2.31. The molecular formula is C29H27N5O3. The van der Waals surface area contributed by atoms with E-state index in [9.17, 15) is 9.59 Å². The van der Waals surface area contributed by atoms with Crippen molar-refractivity contribution in [2.24, 2.45) is 0 Å². The van der Waals surface area contributed by atoms with Crippen LogP contribution in [0.15, 0.2) is 73.1 Å². The number of likely N-dealkylation sites (tertiary alicyclic amines) is 1. The quantitative estimate of drug-likeness (QED) is 0.305. The van der Waals surface area contributed by atoms with E-state index in [1.807, 2.05) is 4.90 Å². The number of hydrogen-bond donors (Lipinski definition) is 3. The molecule has 1 aliphatic rings. The summed E-state index contributed by atoms with van der Waals surface area (Å²) in [6.07, 6.45) is 2.92. The third kappa shape index (κ3) is 4.42. The molecule has 6 rings (SSSR count). The summed E-state index contributed by atoms with van der Waals surface area (Å²) in [5, 5.41) is 3.59. The van der Waals surface area contributed by atoms with Crippen LogP contribution in [0.1, 0.15) is 24.6 Å². The number of ether oxygens (including phenoxy) is 1. The molecular weight excluding hydrogens is 466 g/mol. The Morgan fingerprint density at radius 1 is 0.973 bits per heavy atom. The first-order chi connectivity index (χ1) is 18.1. The van der Waals surface area contributed by atoms with Crippen LogP contribution in [0.4, 0.5) is 4.79 Å². The number of benzene rings is 3.